The van der Waals surface area contributed by atoms with Crippen LogP contribution in [0.15, 0.2) is 36.4 Å². The second kappa shape index (κ2) is 14.5. The van der Waals surface area contributed by atoms with Crippen molar-refractivity contribution in [1.82, 2.24) is 0 Å². The summed E-state index contributed by atoms with van der Waals surface area (Å²) in [6.45, 7) is 11.7. The molecule has 1 atom stereocenters. The Morgan fingerprint density at radius 3 is 2.00 bits per heavy atom. The van der Waals surface area contributed by atoms with Crippen LogP contribution in [-0.4, -0.2) is 21.3 Å². The Labute approximate surface area is 195 Å². The molecule has 0 spiro atoms. The maximum atomic E-state index is 10.3. The van der Waals surface area contributed by atoms with Crippen molar-refractivity contribution in [2.75, 3.05) is 0 Å². The van der Waals surface area contributed by atoms with E-state index >= 15 is 0 Å². The number of phenols is 1. The van der Waals surface area contributed by atoms with Crippen LogP contribution in [0.3, 0.4) is 0 Å². The lowest BCUT2D eigenvalue weighted by atomic mass is 9.91. The Kier molecular flexibility index (Phi) is 14.4. The first-order valence-electron chi connectivity index (χ1n) is 10.4. The number of aliphatic carboxylic acids is 1. The minimum atomic E-state index is -0.722. The number of aliphatic hydroxyl groups is 1. The molecule has 0 saturated carbocycles. The maximum absolute atomic E-state index is 10.3. The summed E-state index contributed by atoms with van der Waals surface area (Å²) in [5.41, 5.74) is 2.98. The lowest BCUT2D eigenvalue weighted by molar-refractivity contribution is -0.147. The number of hydrogen-bond donors (Lipinski definition) is 3. The van der Waals surface area contributed by atoms with Gasteiger partial charge >= 0.3 is 5.97 Å². The second-order valence-electron chi connectivity index (χ2n) is 8.30. The summed E-state index contributed by atoms with van der Waals surface area (Å²) in [6, 6.07) is 11.7. The van der Waals surface area contributed by atoms with Gasteiger partial charge in [-0.1, -0.05) is 59.4 Å². The number of hydrogen-bond acceptors (Lipinski definition) is 4. The number of aromatic hydroxyl groups is 1. The molecule has 2 aromatic rings. The van der Waals surface area contributed by atoms with Gasteiger partial charge in [0.15, 0.2) is 0 Å². The normalized spacial score (nSPS) is 11.2. The Morgan fingerprint density at radius 1 is 1.06 bits per heavy atom. The molecule has 0 heterocycles. The third-order valence-corrected chi connectivity index (χ3v) is 5.50. The number of carboxylic acid groups (broad SMARTS) is 1. The van der Waals surface area contributed by atoms with Gasteiger partial charge in [-0.15, -0.1) is 0 Å². The third kappa shape index (κ3) is 9.31. The molecule has 0 radical (unpaired) electrons. The van der Waals surface area contributed by atoms with Crippen LogP contribution in [0.2, 0.25) is 0 Å². The van der Waals surface area contributed by atoms with Crippen molar-refractivity contribution >= 4 is 5.97 Å². The van der Waals surface area contributed by atoms with Crippen molar-refractivity contribution in [2.24, 2.45) is 5.41 Å². The van der Waals surface area contributed by atoms with Crippen molar-refractivity contribution < 1.29 is 24.9 Å². The molecule has 0 saturated heterocycles. The van der Waals surface area contributed by atoms with E-state index in [1.54, 1.807) is 19.9 Å². The molecule has 0 aromatic heterocycles. The van der Waals surface area contributed by atoms with Gasteiger partial charge in [0.1, 0.15) is 18.1 Å². The third-order valence-electron chi connectivity index (χ3n) is 5.50. The topological polar surface area (TPSA) is 87.0 Å². The predicted molar refractivity (Wildman–Crippen MR) is 133 cm³/mol. The molecule has 5 heteroatoms. The standard InChI is InChI=1S/C19H24O3.C6H12O2.2CH4/c1-4-14(3)15-5-7-18(8-6-15)22-12-17-10-13(2)9-16(11-20)19(17)21;1-4-6(2,3)5(7)8;;/h5-10,14,20-21H,4,11-12H2,1-3H3;4H2,1-3H3,(H,7,8);2*1H4. The molecule has 1 unspecified atom stereocenters. The van der Waals surface area contributed by atoms with Gasteiger partial charge in [0.2, 0.25) is 0 Å². The zero-order valence-corrected chi connectivity index (χ0v) is 19.0. The molecule has 0 amide bonds. The van der Waals surface area contributed by atoms with Crippen molar-refractivity contribution in [3.8, 4) is 11.5 Å². The number of carboxylic acids is 1. The van der Waals surface area contributed by atoms with Crippen LogP contribution in [-0.2, 0) is 18.0 Å². The van der Waals surface area contributed by atoms with Gasteiger partial charge in [-0.05, 0) is 63.3 Å². The van der Waals surface area contributed by atoms with Gasteiger partial charge in [-0.3, -0.25) is 4.79 Å². The van der Waals surface area contributed by atoms with Crippen LogP contribution in [0.4, 0.5) is 0 Å². The smallest absolute Gasteiger partial charge is 0.309 e. The van der Waals surface area contributed by atoms with E-state index in [0.29, 0.717) is 23.5 Å². The van der Waals surface area contributed by atoms with E-state index in [0.717, 1.165) is 17.7 Å². The Bertz CT molecular complexity index is 810. The van der Waals surface area contributed by atoms with E-state index in [1.165, 1.54) is 5.56 Å². The van der Waals surface area contributed by atoms with Crippen LogP contribution in [0.1, 0.15) is 90.5 Å². The van der Waals surface area contributed by atoms with E-state index < -0.39 is 11.4 Å². The average Bonchev–Trinajstić information content (AvgIpc) is 2.74. The Balaban J connectivity index is 0. The van der Waals surface area contributed by atoms with Crippen molar-refractivity contribution in [3.05, 3.63) is 58.7 Å². The fraction of sp³-hybridized carbons (Fsp3) is 0.519. The van der Waals surface area contributed by atoms with E-state index in [4.69, 9.17) is 9.84 Å². The predicted octanol–water partition coefficient (Wildman–Crippen LogP) is 7.06. The molecule has 2 rings (SSSR count). The van der Waals surface area contributed by atoms with Crippen molar-refractivity contribution in [1.29, 1.82) is 0 Å². The summed E-state index contributed by atoms with van der Waals surface area (Å²) in [6.07, 6.45) is 1.80. The highest BCUT2D eigenvalue weighted by atomic mass is 16.5. The first kappa shape index (κ1) is 31.7. The molecule has 0 aliphatic heterocycles. The summed E-state index contributed by atoms with van der Waals surface area (Å²) in [7, 11) is 0. The van der Waals surface area contributed by atoms with Crippen molar-refractivity contribution in [2.45, 2.75) is 88.4 Å². The molecule has 0 fully saturated rings. The van der Waals surface area contributed by atoms with E-state index in [1.807, 2.05) is 32.0 Å². The molecule has 32 heavy (non-hydrogen) atoms. The van der Waals surface area contributed by atoms with Crippen LogP contribution in [0.5, 0.6) is 11.5 Å². The highest BCUT2D eigenvalue weighted by Gasteiger charge is 2.23. The summed E-state index contributed by atoms with van der Waals surface area (Å²) >= 11 is 0. The highest BCUT2D eigenvalue weighted by molar-refractivity contribution is 5.73. The number of ether oxygens (including phenoxy) is 1. The maximum Gasteiger partial charge on any atom is 0.309 e. The molecule has 2 aromatic carbocycles. The summed E-state index contributed by atoms with van der Waals surface area (Å²) < 4.78 is 5.75. The Hall–Kier alpha value is -2.53. The van der Waals surface area contributed by atoms with Crippen LogP contribution >= 0.6 is 0 Å². The second-order valence-corrected chi connectivity index (χ2v) is 8.30. The minimum absolute atomic E-state index is 0. The SMILES string of the molecule is C.C.CCC(C)(C)C(=O)O.CCC(C)c1ccc(OCc2cc(C)cc(CO)c2O)cc1. The quantitative estimate of drug-likeness (QED) is 0.402. The average molecular weight is 449 g/mol. The molecular formula is C27H44O5. The molecule has 3 N–H and O–H groups in total. The minimum Gasteiger partial charge on any atom is -0.507 e. The molecule has 182 valence electrons. The lowest BCUT2D eigenvalue weighted by Gasteiger charge is -2.14. The Morgan fingerprint density at radius 2 is 1.59 bits per heavy atom. The largest absolute Gasteiger partial charge is 0.507 e. The zero-order valence-electron chi connectivity index (χ0n) is 19.0. The monoisotopic (exact) mass is 448 g/mol. The summed E-state index contributed by atoms with van der Waals surface area (Å²) in [5.74, 6) is 0.713. The van der Waals surface area contributed by atoms with Gasteiger partial charge in [0, 0.05) is 11.1 Å². The van der Waals surface area contributed by atoms with Crippen LogP contribution in [0.25, 0.3) is 0 Å². The number of aryl methyl sites for hydroxylation is 1. The van der Waals surface area contributed by atoms with E-state index in [9.17, 15) is 15.0 Å². The fourth-order valence-electron chi connectivity index (χ4n) is 2.61. The first-order valence-corrected chi connectivity index (χ1v) is 10.4. The fourth-order valence-corrected chi connectivity index (χ4v) is 2.61. The van der Waals surface area contributed by atoms with Crippen LogP contribution < -0.4 is 4.74 Å². The molecule has 0 aliphatic rings. The number of carbonyl (C=O) groups is 1. The highest BCUT2D eigenvalue weighted by Crippen LogP contribution is 2.27. The molecular weight excluding hydrogens is 404 g/mol. The molecule has 0 aliphatic carbocycles. The van der Waals surface area contributed by atoms with Crippen molar-refractivity contribution in [3.63, 3.8) is 0 Å². The van der Waals surface area contributed by atoms with Gasteiger partial charge < -0.3 is 20.1 Å². The van der Waals surface area contributed by atoms with Crippen LogP contribution in [0, 0.1) is 12.3 Å². The van der Waals surface area contributed by atoms with Gasteiger partial charge in [-0.25, -0.2) is 0 Å². The van der Waals surface area contributed by atoms with Gasteiger partial charge in [-0.2, -0.15) is 0 Å². The summed E-state index contributed by atoms with van der Waals surface area (Å²) in [4.78, 5) is 10.3. The zero-order chi connectivity index (χ0) is 22.9. The lowest BCUT2D eigenvalue weighted by Crippen LogP contribution is -2.21. The first-order chi connectivity index (χ1) is 14.0. The van der Waals surface area contributed by atoms with Gasteiger partial charge in [0.05, 0.1) is 12.0 Å². The van der Waals surface area contributed by atoms with Gasteiger partial charge in [0.25, 0.3) is 0 Å². The number of rotatable bonds is 8. The van der Waals surface area contributed by atoms with E-state index in [2.05, 4.69) is 26.0 Å². The number of benzene rings is 2. The molecule has 5 nitrogen and oxygen atoms in total. The molecule has 0 bridgehead atoms. The number of aliphatic hydroxyl groups excluding tert-OH is 1. The van der Waals surface area contributed by atoms with E-state index in [-0.39, 0.29) is 33.8 Å². The summed E-state index contributed by atoms with van der Waals surface area (Å²) in [5, 5.41) is 27.8.